The van der Waals surface area contributed by atoms with Gasteiger partial charge in [-0.1, -0.05) is 12.1 Å². The van der Waals surface area contributed by atoms with Crippen LogP contribution in [0.5, 0.6) is 0 Å². The molecule has 0 spiro atoms. The summed E-state index contributed by atoms with van der Waals surface area (Å²) in [6.45, 7) is 2.02. The van der Waals surface area contributed by atoms with Gasteiger partial charge in [0, 0.05) is 12.4 Å². The van der Waals surface area contributed by atoms with Crippen LogP contribution in [0.2, 0.25) is 0 Å². The molecule has 0 aliphatic carbocycles. The number of carbonyl (C=O) groups excluding carboxylic acids is 1. The summed E-state index contributed by atoms with van der Waals surface area (Å²) < 4.78 is 1.70. The maximum Gasteiger partial charge on any atom is 0.254 e. The van der Waals surface area contributed by atoms with Gasteiger partial charge in [0.25, 0.3) is 5.91 Å². The predicted octanol–water partition coefficient (Wildman–Crippen LogP) is 3.16. The van der Waals surface area contributed by atoms with E-state index in [2.05, 4.69) is 10.1 Å². The van der Waals surface area contributed by atoms with Crippen molar-refractivity contribution in [2.24, 2.45) is 0 Å². The van der Waals surface area contributed by atoms with Crippen LogP contribution in [0.3, 0.4) is 0 Å². The minimum absolute atomic E-state index is 0.00260. The molecule has 0 aliphatic heterocycles. The lowest BCUT2D eigenvalue weighted by Gasteiger charge is -2.25. The van der Waals surface area contributed by atoms with Crippen molar-refractivity contribution in [3.63, 3.8) is 0 Å². The summed E-state index contributed by atoms with van der Waals surface area (Å²) in [7, 11) is 1.83. The van der Waals surface area contributed by atoms with E-state index < -0.39 is 0 Å². The summed E-state index contributed by atoms with van der Waals surface area (Å²) in [4.78, 5) is 18.1. The molecule has 1 amide bonds. The molecule has 0 bridgehead atoms. The SMILES string of the molecule is CC(c1ccc(-n2cncn2)cc1)N(C)C(=O)c1ccsc1. The monoisotopic (exact) mass is 312 g/mol. The van der Waals surface area contributed by atoms with E-state index in [0.29, 0.717) is 0 Å². The van der Waals surface area contributed by atoms with Crippen molar-refractivity contribution in [3.8, 4) is 5.69 Å². The molecule has 0 saturated heterocycles. The zero-order chi connectivity index (χ0) is 15.5. The second kappa shape index (κ2) is 6.11. The van der Waals surface area contributed by atoms with Gasteiger partial charge in [0.1, 0.15) is 12.7 Å². The third kappa shape index (κ3) is 2.78. The highest BCUT2D eigenvalue weighted by Crippen LogP contribution is 2.22. The Kier molecular flexibility index (Phi) is 4.02. The minimum atomic E-state index is -0.00260. The molecule has 2 heterocycles. The molecule has 3 rings (SSSR count). The Labute approximate surface area is 132 Å². The molecule has 0 aliphatic rings. The number of carbonyl (C=O) groups is 1. The molecule has 0 saturated carbocycles. The molecule has 112 valence electrons. The molecule has 1 atom stereocenters. The summed E-state index contributed by atoms with van der Waals surface area (Å²) in [6.07, 6.45) is 3.16. The van der Waals surface area contributed by atoms with Crippen LogP contribution in [0.1, 0.15) is 28.9 Å². The first-order valence-corrected chi connectivity index (χ1v) is 7.85. The van der Waals surface area contributed by atoms with Gasteiger partial charge in [-0.3, -0.25) is 4.79 Å². The van der Waals surface area contributed by atoms with Crippen molar-refractivity contribution < 1.29 is 4.79 Å². The van der Waals surface area contributed by atoms with E-state index in [0.717, 1.165) is 16.8 Å². The largest absolute Gasteiger partial charge is 0.335 e. The Bertz CT molecular complexity index is 735. The van der Waals surface area contributed by atoms with Gasteiger partial charge in [0.2, 0.25) is 0 Å². The van der Waals surface area contributed by atoms with E-state index in [1.54, 1.807) is 15.9 Å². The number of hydrogen-bond donors (Lipinski definition) is 0. The number of thiophene rings is 1. The van der Waals surface area contributed by atoms with Gasteiger partial charge in [-0.2, -0.15) is 16.4 Å². The molecule has 5 nitrogen and oxygen atoms in total. The number of hydrogen-bond acceptors (Lipinski definition) is 4. The van der Waals surface area contributed by atoms with Gasteiger partial charge in [-0.05, 0) is 36.1 Å². The van der Waals surface area contributed by atoms with Crippen LogP contribution in [0.25, 0.3) is 5.69 Å². The third-order valence-corrected chi connectivity index (χ3v) is 4.41. The fourth-order valence-corrected chi connectivity index (χ4v) is 2.87. The fourth-order valence-electron chi connectivity index (χ4n) is 2.24. The van der Waals surface area contributed by atoms with Gasteiger partial charge in [0.15, 0.2) is 0 Å². The van der Waals surface area contributed by atoms with Crippen LogP contribution in [0, 0.1) is 0 Å². The van der Waals surface area contributed by atoms with Crippen molar-refractivity contribution in [2.45, 2.75) is 13.0 Å². The average Bonchev–Trinajstić information content (AvgIpc) is 3.26. The first-order valence-electron chi connectivity index (χ1n) is 6.91. The number of benzene rings is 1. The summed E-state index contributed by atoms with van der Waals surface area (Å²) in [6, 6.07) is 9.83. The average molecular weight is 312 g/mol. The lowest BCUT2D eigenvalue weighted by atomic mass is 10.1. The lowest BCUT2D eigenvalue weighted by Crippen LogP contribution is -2.29. The minimum Gasteiger partial charge on any atom is -0.335 e. The first-order chi connectivity index (χ1) is 10.7. The number of nitrogens with zero attached hydrogens (tertiary/aromatic N) is 4. The molecular weight excluding hydrogens is 296 g/mol. The Balaban J connectivity index is 1.77. The third-order valence-electron chi connectivity index (χ3n) is 3.73. The van der Waals surface area contributed by atoms with E-state index in [9.17, 15) is 4.79 Å². The molecule has 1 unspecified atom stereocenters. The number of aromatic nitrogens is 3. The van der Waals surface area contributed by atoms with Crippen molar-refractivity contribution in [2.75, 3.05) is 7.05 Å². The van der Waals surface area contributed by atoms with E-state index in [1.807, 2.05) is 55.1 Å². The zero-order valence-corrected chi connectivity index (χ0v) is 13.2. The highest BCUT2D eigenvalue weighted by Gasteiger charge is 2.19. The summed E-state index contributed by atoms with van der Waals surface area (Å²) in [5.41, 5.74) is 2.76. The van der Waals surface area contributed by atoms with Crippen LogP contribution in [-0.2, 0) is 0 Å². The predicted molar refractivity (Wildman–Crippen MR) is 86.2 cm³/mol. The summed E-state index contributed by atoms with van der Waals surface area (Å²) >= 11 is 1.53. The molecule has 6 heteroatoms. The smallest absolute Gasteiger partial charge is 0.254 e. The van der Waals surface area contributed by atoms with Crippen molar-refractivity contribution in [3.05, 3.63) is 64.9 Å². The Morgan fingerprint density at radius 2 is 2.05 bits per heavy atom. The lowest BCUT2D eigenvalue weighted by molar-refractivity contribution is 0.0743. The number of rotatable bonds is 4. The van der Waals surface area contributed by atoms with Crippen LogP contribution < -0.4 is 0 Å². The topological polar surface area (TPSA) is 51.0 Å². The van der Waals surface area contributed by atoms with E-state index in [-0.39, 0.29) is 11.9 Å². The second-order valence-electron chi connectivity index (χ2n) is 5.04. The molecule has 2 aromatic heterocycles. The maximum atomic E-state index is 12.4. The van der Waals surface area contributed by atoms with E-state index in [1.165, 1.54) is 17.7 Å². The van der Waals surface area contributed by atoms with E-state index in [4.69, 9.17) is 0 Å². The standard InChI is InChI=1S/C16H16N4OS/c1-12(19(2)16(21)14-7-8-22-9-14)13-3-5-15(6-4-13)20-11-17-10-18-20/h3-12H,1-2H3. The second-order valence-corrected chi connectivity index (χ2v) is 5.82. The van der Waals surface area contributed by atoms with Crippen molar-refractivity contribution in [1.29, 1.82) is 0 Å². The van der Waals surface area contributed by atoms with E-state index >= 15 is 0 Å². The normalized spacial score (nSPS) is 12.1. The van der Waals surface area contributed by atoms with Gasteiger partial charge in [-0.15, -0.1) is 0 Å². The molecule has 0 fully saturated rings. The molecule has 1 aromatic carbocycles. The quantitative estimate of drug-likeness (QED) is 0.743. The Morgan fingerprint density at radius 3 is 2.64 bits per heavy atom. The summed E-state index contributed by atoms with van der Waals surface area (Å²) in [5.74, 6) is 0.0362. The van der Waals surface area contributed by atoms with Crippen LogP contribution in [0.4, 0.5) is 0 Å². The van der Waals surface area contributed by atoms with Gasteiger partial charge < -0.3 is 4.90 Å². The van der Waals surface area contributed by atoms with Gasteiger partial charge in [-0.25, -0.2) is 9.67 Å². The fraction of sp³-hybridized carbons (Fsp3) is 0.188. The van der Waals surface area contributed by atoms with Crippen molar-refractivity contribution in [1.82, 2.24) is 19.7 Å². The molecule has 22 heavy (non-hydrogen) atoms. The summed E-state index contributed by atoms with van der Waals surface area (Å²) in [5, 5.41) is 7.89. The first kappa shape index (κ1) is 14.5. The Hall–Kier alpha value is -2.47. The highest BCUT2D eigenvalue weighted by molar-refractivity contribution is 7.08. The number of amides is 1. The van der Waals surface area contributed by atoms with Crippen LogP contribution in [-0.4, -0.2) is 32.6 Å². The van der Waals surface area contributed by atoms with Gasteiger partial charge >= 0.3 is 0 Å². The Morgan fingerprint density at radius 1 is 1.27 bits per heavy atom. The molecular formula is C16H16N4OS. The maximum absolute atomic E-state index is 12.4. The zero-order valence-electron chi connectivity index (χ0n) is 12.4. The van der Waals surface area contributed by atoms with Gasteiger partial charge in [0.05, 0.1) is 17.3 Å². The highest BCUT2D eigenvalue weighted by atomic mass is 32.1. The molecule has 0 N–H and O–H groups in total. The molecule has 0 radical (unpaired) electrons. The van der Waals surface area contributed by atoms with Crippen LogP contribution >= 0.6 is 11.3 Å². The van der Waals surface area contributed by atoms with Crippen molar-refractivity contribution >= 4 is 17.2 Å². The van der Waals surface area contributed by atoms with Crippen LogP contribution in [0.15, 0.2) is 53.7 Å². The molecule has 3 aromatic rings.